The molecule has 0 saturated heterocycles. The minimum atomic E-state index is -0.0193. The Balaban J connectivity index is 2.87. The Bertz CT molecular complexity index is 231. The van der Waals surface area contributed by atoms with Crippen LogP contribution in [-0.2, 0) is 4.74 Å². The standard InChI is InChI=1S/C15H30O/c1-13(2,3)15(7)11-9-8-10-12(15)16-14(4,5)6/h12H,8-11H2,1-7H3. The largest absolute Gasteiger partial charge is 0.372 e. The summed E-state index contributed by atoms with van der Waals surface area (Å²) in [4.78, 5) is 0. The highest BCUT2D eigenvalue weighted by molar-refractivity contribution is 4.96. The minimum absolute atomic E-state index is 0.0193. The van der Waals surface area contributed by atoms with Crippen molar-refractivity contribution in [1.29, 1.82) is 0 Å². The third-order valence-corrected chi connectivity index (χ3v) is 4.33. The van der Waals surface area contributed by atoms with Crippen molar-refractivity contribution in [3.8, 4) is 0 Å². The summed E-state index contributed by atoms with van der Waals surface area (Å²) in [6.07, 6.45) is 5.63. The van der Waals surface area contributed by atoms with Crippen LogP contribution in [0.3, 0.4) is 0 Å². The molecule has 1 fully saturated rings. The van der Waals surface area contributed by atoms with Gasteiger partial charge in [0.05, 0.1) is 11.7 Å². The molecule has 0 aromatic rings. The van der Waals surface area contributed by atoms with E-state index in [1.54, 1.807) is 0 Å². The summed E-state index contributed by atoms with van der Waals surface area (Å²) in [5.74, 6) is 0. The molecular weight excluding hydrogens is 196 g/mol. The van der Waals surface area contributed by atoms with Gasteiger partial charge in [0.1, 0.15) is 0 Å². The van der Waals surface area contributed by atoms with E-state index in [4.69, 9.17) is 4.74 Å². The van der Waals surface area contributed by atoms with Crippen LogP contribution in [0.5, 0.6) is 0 Å². The highest BCUT2D eigenvalue weighted by atomic mass is 16.5. The fourth-order valence-electron chi connectivity index (χ4n) is 2.78. The van der Waals surface area contributed by atoms with Crippen LogP contribution in [0.1, 0.15) is 74.1 Å². The van der Waals surface area contributed by atoms with Gasteiger partial charge >= 0.3 is 0 Å². The second-order valence-electron chi connectivity index (χ2n) is 7.63. The van der Waals surface area contributed by atoms with Crippen LogP contribution in [0.25, 0.3) is 0 Å². The summed E-state index contributed by atoms with van der Waals surface area (Å²) >= 11 is 0. The molecule has 2 atom stereocenters. The molecule has 1 aliphatic rings. The molecule has 0 aliphatic heterocycles. The van der Waals surface area contributed by atoms with Crippen molar-refractivity contribution in [1.82, 2.24) is 0 Å². The fourth-order valence-corrected chi connectivity index (χ4v) is 2.78. The van der Waals surface area contributed by atoms with Gasteiger partial charge in [-0.1, -0.05) is 40.5 Å². The molecule has 0 aromatic heterocycles. The van der Waals surface area contributed by atoms with Crippen molar-refractivity contribution in [3.63, 3.8) is 0 Å². The maximum Gasteiger partial charge on any atom is 0.0640 e. The van der Waals surface area contributed by atoms with Crippen LogP contribution in [-0.4, -0.2) is 11.7 Å². The van der Waals surface area contributed by atoms with Gasteiger partial charge < -0.3 is 4.74 Å². The molecule has 0 amide bonds. The summed E-state index contributed by atoms with van der Waals surface area (Å²) in [5, 5.41) is 0. The van der Waals surface area contributed by atoms with Crippen LogP contribution >= 0.6 is 0 Å². The second-order valence-corrected chi connectivity index (χ2v) is 7.63. The Morgan fingerprint density at radius 1 is 1.00 bits per heavy atom. The molecule has 0 N–H and O–H groups in total. The number of hydrogen-bond acceptors (Lipinski definition) is 1. The summed E-state index contributed by atoms with van der Waals surface area (Å²) in [7, 11) is 0. The molecule has 2 unspecified atom stereocenters. The first-order valence-electron chi connectivity index (χ1n) is 6.74. The Kier molecular flexibility index (Phi) is 3.79. The number of hydrogen-bond donors (Lipinski definition) is 0. The molecule has 0 radical (unpaired) electrons. The van der Waals surface area contributed by atoms with Gasteiger partial charge in [-0.25, -0.2) is 0 Å². The Hall–Kier alpha value is -0.0400. The van der Waals surface area contributed by atoms with Crippen LogP contribution in [0.4, 0.5) is 0 Å². The zero-order valence-corrected chi connectivity index (χ0v) is 12.3. The van der Waals surface area contributed by atoms with Crippen molar-refractivity contribution in [3.05, 3.63) is 0 Å². The first-order chi connectivity index (χ1) is 7.06. The lowest BCUT2D eigenvalue weighted by atomic mass is 9.59. The van der Waals surface area contributed by atoms with Crippen molar-refractivity contribution in [2.75, 3.05) is 0 Å². The van der Waals surface area contributed by atoms with Crippen molar-refractivity contribution >= 4 is 0 Å². The van der Waals surface area contributed by atoms with E-state index >= 15 is 0 Å². The predicted octanol–water partition coefficient (Wildman–Crippen LogP) is 4.80. The van der Waals surface area contributed by atoms with E-state index in [0.717, 1.165) is 0 Å². The van der Waals surface area contributed by atoms with E-state index in [1.165, 1.54) is 25.7 Å². The molecule has 0 heterocycles. The third kappa shape index (κ3) is 3.00. The maximum atomic E-state index is 6.32. The molecule has 0 spiro atoms. The monoisotopic (exact) mass is 226 g/mol. The average Bonchev–Trinajstić information content (AvgIpc) is 2.04. The van der Waals surface area contributed by atoms with Crippen LogP contribution < -0.4 is 0 Å². The molecular formula is C15H30O. The SMILES string of the molecule is CC(C)(C)OC1CCCCC1(C)C(C)(C)C. The van der Waals surface area contributed by atoms with Gasteiger partial charge in [0.2, 0.25) is 0 Å². The minimum Gasteiger partial charge on any atom is -0.372 e. The van der Waals surface area contributed by atoms with Crippen molar-refractivity contribution in [2.24, 2.45) is 10.8 Å². The fraction of sp³-hybridized carbons (Fsp3) is 1.00. The Morgan fingerprint density at radius 3 is 2.00 bits per heavy atom. The molecule has 96 valence electrons. The summed E-state index contributed by atoms with van der Waals surface area (Å²) in [5.41, 5.74) is 0.621. The van der Waals surface area contributed by atoms with E-state index in [2.05, 4.69) is 48.5 Å². The zero-order valence-electron chi connectivity index (χ0n) is 12.3. The molecule has 1 nitrogen and oxygen atoms in total. The van der Waals surface area contributed by atoms with Crippen LogP contribution in [0.15, 0.2) is 0 Å². The molecule has 0 bridgehead atoms. The first-order valence-corrected chi connectivity index (χ1v) is 6.74. The molecule has 16 heavy (non-hydrogen) atoms. The van der Waals surface area contributed by atoms with E-state index in [-0.39, 0.29) is 5.60 Å². The lowest BCUT2D eigenvalue weighted by Crippen LogP contribution is -2.49. The molecule has 1 saturated carbocycles. The first kappa shape index (κ1) is 14.0. The van der Waals surface area contributed by atoms with Crippen molar-refractivity contribution < 1.29 is 4.74 Å². The molecule has 0 aromatic carbocycles. The van der Waals surface area contributed by atoms with Gasteiger partial charge in [0.25, 0.3) is 0 Å². The normalized spacial score (nSPS) is 32.8. The van der Waals surface area contributed by atoms with Crippen molar-refractivity contribution in [2.45, 2.75) is 85.9 Å². The van der Waals surface area contributed by atoms with Crippen LogP contribution in [0, 0.1) is 10.8 Å². The van der Waals surface area contributed by atoms with Gasteiger partial charge in [-0.3, -0.25) is 0 Å². The van der Waals surface area contributed by atoms with E-state index < -0.39 is 0 Å². The van der Waals surface area contributed by atoms with E-state index in [0.29, 0.717) is 16.9 Å². The van der Waals surface area contributed by atoms with Gasteiger partial charge in [-0.15, -0.1) is 0 Å². The highest BCUT2D eigenvalue weighted by Gasteiger charge is 2.46. The van der Waals surface area contributed by atoms with E-state index in [9.17, 15) is 0 Å². The Labute approximate surface area is 102 Å². The summed E-state index contributed by atoms with van der Waals surface area (Å²) < 4.78 is 6.32. The zero-order chi connectivity index (χ0) is 12.6. The second kappa shape index (κ2) is 4.33. The lowest BCUT2D eigenvalue weighted by molar-refractivity contribution is -0.162. The lowest BCUT2D eigenvalue weighted by Gasteiger charge is -2.51. The highest BCUT2D eigenvalue weighted by Crippen LogP contribution is 2.51. The maximum absolute atomic E-state index is 6.32. The average molecular weight is 226 g/mol. The van der Waals surface area contributed by atoms with E-state index in [1.807, 2.05) is 0 Å². The molecule has 1 heteroatoms. The topological polar surface area (TPSA) is 9.23 Å². The Morgan fingerprint density at radius 2 is 1.56 bits per heavy atom. The predicted molar refractivity (Wildman–Crippen MR) is 70.7 cm³/mol. The number of rotatable bonds is 1. The number of ether oxygens (including phenoxy) is 1. The summed E-state index contributed by atoms with van der Waals surface area (Å²) in [6, 6.07) is 0. The smallest absolute Gasteiger partial charge is 0.0640 e. The van der Waals surface area contributed by atoms with Gasteiger partial charge in [0, 0.05) is 0 Å². The summed E-state index contributed by atoms with van der Waals surface area (Å²) in [6.45, 7) is 16.0. The third-order valence-electron chi connectivity index (χ3n) is 4.33. The van der Waals surface area contributed by atoms with Gasteiger partial charge in [-0.05, 0) is 44.4 Å². The van der Waals surface area contributed by atoms with Crippen LogP contribution in [0.2, 0.25) is 0 Å². The van der Waals surface area contributed by atoms with Gasteiger partial charge in [-0.2, -0.15) is 0 Å². The quantitative estimate of drug-likeness (QED) is 0.624. The van der Waals surface area contributed by atoms with Gasteiger partial charge in [0.15, 0.2) is 0 Å². The molecule has 1 rings (SSSR count). The molecule has 1 aliphatic carbocycles.